The third-order valence-electron chi connectivity index (χ3n) is 0. The summed E-state index contributed by atoms with van der Waals surface area (Å²) in [5.41, 5.74) is 0. The minimum atomic E-state index is -5.16. The van der Waals surface area contributed by atoms with Gasteiger partial charge in [0.05, 0.1) is 0 Å². The summed E-state index contributed by atoms with van der Waals surface area (Å²) >= 11 is -5.16. The maximum Gasteiger partial charge on any atom is -0.870 e. The van der Waals surface area contributed by atoms with Crippen LogP contribution in [0.4, 0.5) is 2.73 Å². The quantitative estimate of drug-likeness (QED) is 0.577. The van der Waals surface area contributed by atoms with Gasteiger partial charge in [0.2, 0.25) is 0 Å². The Morgan fingerprint density at radius 2 is 1.00 bits per heavy atom. The summed E-state index contributed by atoms with van der Waals surface area (Å²) in [4.78, 5) is 0. The fourth-order valence-electron chi connectivity index (χ4n) is 0. The second-order valence-corrected chi connectivity index (χ2v) is 1.56. The zero-order valence-electron chi connectivity index (χ0n) is 3.08. The molecule has 0 aromatic rings. The molecule has 0 radical (unpaired) electrons. The summed E-state index contributed by atoms with van der Waals surface area (Å²) in [5.74, 6) is 0. The maximum atomic E-state index is 9.88. The van der Waals surface area contributed by atoms with E-state index in [1.54, 1.807) is 0 Å². The van der Waals surface area contributed by atoms with Crippen molar-refractivity contribution in [2.24, 2.45) is 0 Å². The molecule has 0 unspecified atom stereocenters. The van der Waals surface area contributed by atoms with E-state index >= 15 is 0 Å². The summed E-state index contributed by atoms with van der Waals surface area (Å²) < 4.78 is 29.6. The van der Waals surface area contributed by atoms with Gasteiger partial charge in [-0.3, -0.25) is 0 Å². The Balaban J connectivity index is -0.0000000450. The molecule has 0 aliphatic carbocycles. The molecule has 0 aliphatic rings. The third kappa shape index (κ3) is 32.5. The van der Waals surface area contributed by atoms with E-state index in [-0.39, 0.29) is 43.2 Å². The van der Waals surface area contributed by atoms with Gasteiger partial charge < -0.3 is 5.48 Å². The number of rotatable bonds is 0. The van der Waals surface area contributed by atoms with Gasteiger partial charge in [-0.15, -0.1) is 0 Å². The first kappa shape index (κ1) is 15.8. The van der Waals surface area contributed by atoms with E-state index in [2.05, 4.69) is 0 Å². The molecule has 0 aromatic carbocycles. The van der Waals surface area contributed by atoms with Crippen molar-refractivity contribution in [3.8, 4) is 0 Å². The first-order valence-corrected chi connectivity index (χ1v) is 4.13. The van der Waals surface area contributed by atoms with Gasteiger partial charge in [0.1, 0.15) is 0 Å². The molecule has 1 N–H and O–H groups in total. The van der Waals surface area contributed by atoms with Gasteiger partial charge in [-0.1, -0.05) is 0 Å². The number of hydrogen-bond acceptors (Lipinski definition) is 1. The Morgan fingerprint density at radius 3 is 1.00 bits per heavy atom. The van der Waals surface area contributed by atoms with E-state index in [9.17, 15) is 2.73 Å². The molecule has 0 aliphatic heterocycles. The van der Waals surface area contributed by atoms with Crippen molar-refractivity contribution >= 4 is 37.7 Å². The van der Waals surface area contributed by atoms with E-state index in [1.807, 2.05) is 0 Å². The van der Waals surface area contributed by atoms with E-state index in [0.29, 0.717) is 0 Å². The van der Waals surface area contributed by atoms with Crippen LogP contribution >= 0.6 is 0 Å². The van der Waals surface area contributed by atoms with E-state index in [1.165, 1.54) is 0 Å². The minimum absolute atomic E-state index is 0. The molecule has 0 rings (SSSR count). The fraction of sp³-hybridized carbons (Fsp3) is 0. The summed E-state index contributed by atoms with van der Waals surface area (Å²) in [5, 5.41) is 0. The van der Waals surface area contributed by atoms with Crippen molar-refractivity contribution in [2.75, 3.05) is 0 Å². The Morgan fingerprint density at radius 1 is 1.00 bits per heavy atom. The predicted octanol–water partition coefficient (Wildman–Crippen LogP) is 0.435. The van der Waals surface area contributed by atoms with Gasteiger partial charge in [-0.25, -0.2) is 0 Å². The van der Waals surface area contributed by atoms with Gasteiger partial charge in [-0.05, 0) is 0 Å². The van der Waals surface area contributed by atoms with Crippen molar-refractivity contribution in [3.63, 3.8) is 0 Å². The van der Waals surface area contributed by atoms with Crippen molar-refractivity contribution in [2.45, 2.75) is 0 Å². The number of hydrogen-bond donors (Lipinski definition) is 0. The summed E-state index contributed by atoms with van der Waals surface area (Å²) in [7, 11) is 0. The van der Waals surface area contributed by atoms with Crippen LogP contribution < -0.4 is 0 Å². The Kier molecular flexibility index (Phi) is 27.3. The third-order valence-corrected chi connectivity index (χ3v) is 0. The Labute approximate surface area is 81.8 Å². The summed E-state index contributed by atoms with van der Waals surface area (Å²) in [6, 6.07) is 0. The van der Waals surface area contributed by atoms with Crippen LogP contribution in [0.2, 0.25) is 0 Å². The second-order valence-electron chi connectivity index (χ2n) is 0.214. The molecule has 0 aromatic heterocycles. The average molecular weight is 255 g/mol. The van der Waals surface area contributed by atoms with Gasteiger partial charge >= 0.3 is 78.4 Å². The van der Waals surface area contributed by atoms with Gasteiger partial charge in [0.15, 0.2) is 0 Å². The number of halogens is 3. The smallest absolute Gasteiger partial charge is 0.870 e. The SMILES string of the molecule is [CaH+].[F][Ce]([F])[F].[OH-]. The molecule has 6 heteroatoms. The molecule has 0 heterocycles. The minimum Gasteiger partial charge on any atom is -0.870 e. The maximum absolute atomic E-state index is 9.88. The van der Waals surface area contributed by atoms with Crippen LogP contribution in [-0.4, -0.2) is 43.2 Å². The van der Waals surface area contributed by atoms with Crippen molar-refractivity contribution in [1.82, 2.24) is 0 Å². The zero-order chi connectivity index (χ0) is 3.58. The molecule has 0 bridgehead atoms. The first-order valence-electron chi connectivity index (χ1n) is 0.567. The molecule has 0 atom stereocenters. The van der Waals surface area contributed by atoms with Crippen molar-refractivity contribution < 1.29 is 46.2 Å². The molecule has 0 saturated heterocycles. The van der Waals surface area contributed by atoms with Crippen LogP contribution in [0.1, 0.15) is 0 Å². The van der Waals surface area contributed by atoms with Crippen molar-refractivity contribution in [3.05, 3.63) is 0 Å². The monoisotopic (exact) mass is 255 g/mol. The van der Waals surface area contributed by atoms with Crippen LogP contribution in [0.25, 0.3) is 0 Å². The predicted molar refractivity (Wildman–Crippen MR) is 12.4 cm³/mol. The molecule has 0 spiro atoms. The Bertz CT molecular complexity index is 15.5. The largest absolute Gasteiger partial charge is 0.870 e. The molecule has 0 amide bonds. The average Bonchev–Trinajstić information content (AvgIpc) is 0.811. The van der Waals surface area contributed by atoms with E-state index in [0.717, 1.165) is 0 Å². The topological polar surface area (TPSA) is 30.0 Å². The zero-order valence-corrected chi connectivity index (χ0v) is 9.34. The van der Waals surface area contributed by atoms with Gasteiger partial charge in [0.25, 0.3) is 0 Å². The molecular weight excluding hydrogens is 253 g/mol. The molecule has 1 nitrogen and oxygen atoms in total. The summed E-state index contributed by atoms with van der Waals surface area (Å²) in [6.07, 6.45) is 0. The van der Waals surface area contributed by atoms with E-state index < -0.39 is 37.9 Å². The normalized spacial score (nSPS) is 4.50. The Hall–Kier alpha value is 2.39. The van der Waals surface area contributed by atoms with E-state index in [4.69, 9.17) is 0 Å². The molecule has 6 heavy (non-hydrogen) atoms. The van der Waals surface area contributed by atoms with Crippen LogP contribution in [-0.2, 0) is 0 Å². The van der Waals surface area contributed by atoms with Crippen LogP contribution in [0.15, 0.2) is 0 Å². The molecule has 0 saturated carbocycles. The molecule has 35 valence electrons. The second kappa shape index (κ2) is 10.4. The molecule has 0 fully saturated rings. The summed E-state index contributed by atoms with van der Waals surface area (Å²) in [6.45, 7) is 0. The van der Waals surface area contributed by atoms with Crippen LogP contribution in [0.3, 0.4) is 0 Å². The van der Waals surface area contributed by atoms with Crippen LogP contribution in [0, 0.1) is 37.9 Å². The van der Waals surface area contributed by atoms with Crippen molar-refractivity contribution in [1.29, 1.82) is 0 Å². The first-order chi connectivity index (χ1) is 1.73. The van der Waals surface area contributed by atoms with Crippen LogP contribution in [0.5, 0.6) is 0 Å². The van der Waals surface area contributed by atoms with Gasteiger partial charge in [-0.2, -0.15) is 0 Å². The molecular formula is H2CaCeF3O. The standard InChI is InChI=1S/Ca.Ce.3FH.H2O.H/h;;3*1H;1H2;/q+1;+3;;;;;/p-4. The van der Waals surface area contributed by atoms with Gasteiger partial charge in [0, 0.05) is 0 Å². The fourth-order valence-corrected chi connectivity index (χ4v) is 0.